The summed E-state index contributed by atoms with van der Waals surface area (Å²) in [5.74, 6) is 1.46. The summed E-state index contributed by atoms with van der Waals surface area (Å²) < 4.78 is 0. The predicted molar refractivity (Wildman–Crippen MR) is 76.3 cm³/mol. The van der Waals surface area contributed by atoms with Crippen molar-refractivity contribution >= 4 is 0 Å². The van der Waals surface area contributed by atoms with Gasteiger partial charge < -0.3 is 5.32 Å². The molecule has 0 bridgehead atoms. The highest BCUT2D eigenvalue weighted by Gasteiger charge is 2.22. The molecular weight excluding hydrogens is 208 g/mol. The molecule has 0 spiro atoms. The van der Waals surface area contributed by atoms with Crippen LogP contribution in [0, 0.1) is 11.8 Å². The number of nitrogens with zero attached hydrogens (tertiary/aromatic N) is 1. The molecule has 0 saturated heterocycles. The van der Waals surface area contributed by atoms with Gasteiger partial charge >= 0.3 is 0 Å². The van der Waals surface area contributed by atoms with E-state index in [9.17, 15) is 0 Å². The summed E-state index contributed by atoms with van der Waals surface area (Å²) in [6, 6.07) is 0.678. The molecule has 2 nitrogen and oxygen atoms in total. The lowest BCUT2D eigenvalue weighted by Gasteiger charge is -2.37. The van der Waals surface area contributed by atoms with Gasteiger partial charge in [0.15, 0.2) is 0 Å². The van der Waals surface area contributed by atoms with Crippen molar-refractivity contribution in [2.75, 3.05) is 26.2 Å². The fourth-order valence-electron chi connectivity index (χ4n) is 2.53. The zero-order chi connectivity index (χ0) is 12.8. The average Bonchev–Trinajstić information content (AvgIpc) is 2.23. The topological polar surface area (TPSA) is 15.3 Å². The maximum atomic E-state index is 3.62. The third kappa shape index (κ3) is 5.22. The summed E-state index contributed by atoms with van der Waals surface area (Å²) >= 11 is 0. The second kappa shape index (κ2) is 7.17. The Kier molecular flexibility index (Phi) is 6.21. The molecule has 0 aromatic heterocycles. The molecule has 1 heterocycles. The highest BCUT2D eigenvalue weighted by atomic mass is 15.2. The molecule has 2 heteroatoms. The lowest BCUT2D eigenvalue weighted by Crippen LogP contribution is -2.48. The monoisotopic (exact) mass is 238 g/mol. The van der Waals surface area contributed by atoms with Gasteiger partial charge in [-0.3, -0.25) is 4.90 Å². The van der Waals surface area contributed by atoms with Gasteiger partial charge in [0.25, 0.3) is 0 Å². The van der Waals surface area contributed by atoms with Crippen molar-refractivity contribution in [3.05, 3.63) is 11.6 Å². The van der Waals surface area contributed by atoms with Crippen LogP contribution < -0.4 is 5.32 Å². The molecule has 0 aliphatic carbocycles. The molecule has 17 heavy (non-hydrogen) atoms. The first-order chi connectivity index (χ1) is 8.00. The van der Waals surface area contributed by atoms with E-state index in [0.29, 0.717) is 6.04 Å². The molecule has 1 rings (SSSR count). The molecule has 0 saturated carbocycles. The first kappa shape index (κ1) is 14.7. The normalized spacial score (nSPS) is 19.8. The molecule has 0 amide bonds. The highest BCUT2D eigenvalue weighted by molar-refractivity contribution is 5.05. The molecule has 1 atom stereocenters. The molecule has 100 valence electrons. The van der Waals surface area contributed by atoms with E-state index in [1.807, 2.05) is 0 Å². The molecule has 0 aromatic rings. The van der Waals surface area contributed by atoms with Crippen LogP contribution in [0.25, 0.3) is 0 Å². The summed E-state index contributed by atoms with van der Waals surface area (Å²) in [6.45, 7) is 16.1. The highest BCUT2D eigenvalue weighted by Crippen LogP contribution is 2.17. The van der Waals surface area contributed by atoms with Gasteiger partial charge in [0.05, 0.1) is 0 Å². The summed E-state index contributed by atoms with van der Waals surface area (Å²) in [7, 11) is 0. The summed E-state index contributed by atoms with van der Waals surface area (Å²) in [5, 5.41) is 3.62. The van der Waals surface area contributed by atoms with E-state index in [0.717, 1.165) is 31.5 Å². The predicted octanol–water partition coefficient (Wildman–Crippen LogP) is 2.91. The van der Waals surface area contributed by atoms with Crippen molar-refractivity contribution in [3.8, 4) is 0 Å². The van der Waals surface area contributed by atoms with Crippen molar-refractivity contribution in [2.45, 2.75) is 47.1 Å². The minimum absolute atomic E-state index is 0.678. The van der Waals surface area contributed by atoms with E-state index in [1.165, 1.54) is 18.5 Å². The Morgan fingerprint density at radius 1 is 1.24 bits per heavy atom. The van der Waals surface area contributed by atoms with Crippen molar-refractivity contribution < 1.29 is 0 Å². The molecular formula is C15H30N2. The van der Waals surface area contributed by atoms with Crippen LogP contribution in [0.2, 0.25) is 0 Å². The molecule has 1 N–H and O–H groups in total. The number of hydrogen-bond acceptors (Lipinski definition) is 2. The third-order valence-electron chi connectivity index (χ3n) is 3.51. The van der Waals surface area contributed by atoms with E-state index >= 15 is 0 Å². The van der Waals surface area contributed by atoms with Crippen LogP contribution in [0.3, 0.4) is 0 Å². The Hall–Kier alpha value is -0.340. The molecule has 1 aliphatic heterocycles. The van der Waals surface area contributed by atoms with Gasteiger partial charge in [0.2, 0.25) is 0 Å². The first-order valence-corrected chi connectivity index (χ1v) is 7.11. The number of nitrogens with one attached hydrogen (secondary N) is 1. The van der Waals surface area contributed by atoms with E-state index < -0.39 is 0 Å². The molecule has 1 unspecified atom stereocenters. The van der Waals surface area contributed by atoms with Gasteiger partial charge in [-0.25, -0.2) is 0 Å². The van der Waals surface area contributed by atoms with Gasteiger partial charge in [-0.2, -0.15) is 0 Å². The van der Waals surface area contributed by atoms with Crippen molar-refractivity contribution in [1.29, 1.82) is 0 Å². The van der Waals surface area contributed by atoms with E-state index in [2.05, 4.69) is 50.9 Å². The smallest absolute Gasteiger partial charge is 0.0247 e. The lowest BCUT2D eigenvalue weighted by molar-refractivity contribution is 0.159. The van der Waals surface area contributed by atoms with Crippen LogP contribution in [-0.4, -0.2) is 37.1 Å². The second-order valence-electron chi connectivity index (χ2n) is 6.17. The fraction of sp³-hybridized carbons (Fsp3) is 0.867. The second-order valence-corrected chi connectivity index (χ2v) is 6.17. The van der Waals surface area contributed by atoms with Crippen molar-refractivity contribution in [2.24, 2.45) is 11.8 Å². The Bertz CT molecular complexity index is 243. The Morgan fingerprint density at radius 2 is 1.94 bits per heavy atom. The average molecular weight is 238 g/mol. The number of hydrogen-bond donors (Lipinski definition) is 1. The largest absolute Gasteiger partial charge is 0.315 e. The summed E-state index contributed by atoms with van der Waals surface area (Å²) in [5.41, 5.74) is 1.53. The number of rotatable bonds is 6. The molecule has 0 fully saturated rings. The van der Waals surface area contributed by atoms with Crippen LogP contribution in [0.5, 0.6) is 0 Å². The van der Waals surface area contributed by atoms with Crippen molar-refractivity contribution in [3.63, 3.8) is 0 Å². The Labute approximate surface area is 107 Å². The zero-order valence-electron chi connectivity index (χ0n) is 12.3. The van der Waals surface area contributed by atoms with E-state index in [-0.39, 0.29) is 0 Å². The quantitative estimate of drug-likeness (QED) is 0.716. The third-order valence-corrected chi connectivity index (χ3v) is 3.51. The SMILES string of the molecule is CC1=CCCN(C(CNCC(C)C)C(C)C)C1. The van der Waals surface area contributed by atoms with Gasteiger partial charge in [-0.05, 0) is 31.7 Å². The zero-order valence-corrected chi connectivity index (χ0v) is 12.3. The van der Waals surface area contributed by atoms with Crippen LogP contribution in [-0.2, 0) is 0 Å². The molecule has 0 radical (unpaired) electrons. The maximum absolute atomic E-state index is 3.62. The maximum Gasteiger partial charge on any atom is 0.0247 e. The van der Waals surface area contributed by atoms with Crippen LogP contribution >= 0.6 is 0 Å². The molecule has 0 aromatic carbocycles. The lowest BCUT2D eigenvalue weighted by atomic mass is 9.99. The minimum atomic E-state index is 0.678. The van der Waals surface area contributed by atoms with Gasteiger partial charge in [0.1, 0.15) is 0 Å². The van der Waals surface area contributed by atoms with Crippen molar-refractivity contribution in [1.82, 2.24) is 10.2 Å². The summed E-state index contributed by atoms with van der Waals surface area (Å²) in [4.78, 5) is 2.65. The van der Waals surface area contributed by atoms with Gasteiger partial charge in [-0.1, -0.05) is 39.3 Å². The van der Waals surface area contributed by atoms with E-state index in [4.69, 9.17) is 0 Å². The Balaban J connectivity index is 2.45. The van der Waals surface area contributed by atoms with Gasteiger partial charge in [0, 0.05) is 25.7 Å². The first-order valence-electron chi connectivity index (χ1n) is 7.11. The summed E-state index contributed by atoms with van der Waals surface area (Å²) in [6.07, 6.45) is 3.61. The minimum Gasteiger partial charge on any atom is -0.315 e. The van der Waals surface area contributed by atoms with Gasteiger partial charge in [-0.15, -0.1) is 0 Å². The fourth-order valence-corrected chi connectivity index (χ4v) is 2.53. The Morgan fingerprint density at radius 3 is 2.47 bits per heavy atom. The van der Waals surface area contributed by atoms with E-state index in [1.54, 1.807) is 0 Å². The van der Waals surface area contributed by atoms with Crippen LogP contribution in [0.4, 0.5) is 0 Å². The molecule has 1 aliphatic rings. The standard InChI is InChI=1S/C15H30N2/c1-12(2)9-16-10-15(13(3)4)17-8-6-7-14(5)11-17/h7,12-13,15-16H,6,8-11H2,1-5H3. The van der Waals surface area contributed by atoms with Crippen LogP contribution in [0.1, 0.15) is 41.0 Å². The van der Waals surface area contributed by atoms with Crippen LogP contribution in [0.15, 0.2) is 11.6 Å².